The quantitative estimate of drug-likeness (QED) is 0.782. The summed E-state index contributed by atoms with van der Waals surface area (Å²) in [6.07, 6.45) is 3.36. The standard InChI is InChI=1S/C19H25FO3/c1-4-8-18-11-21-19(22-12-18,23-13-18)9-7-15-5-6-16(14(2)3)17(20)10-15/h5-6,10H,2,4,7-9,11-13H2,1,3H3. The van der Waals surface area contributed by atoms with Crippen LogP contribution in [-0.4, -0.2) is 25.8 Å². The molecule has 3 aliphatic heterocycles. The third kappa shape index (κ3) is 3.35. The highest BCUT2D eigenvalue weighted by Gasteiger charge is 2.51. The fourth-order valence-corrected chi connectivity index (χ4v) is 3.36. The Labute approximate surface area is 137 Å². The molecule has 0 aromatic heterocycles. The number of ether oxygens (including phenoxy) is 3. The van der Waals surface area contributed by atoms with E-state index in [1.165, 1.54) is 0 Å². The zero-order chi connectivity index (χ0) is 16.5. The summed E-state index contributed by atoms with van der Waals surface area (Å²) in [7, 11) is 0. The maximum atomic E-state index is 14.0. The molecular weight excluding hydrogens is 295 g/mol. The predicted octanol–water partition coefficient (Wildman–Crippen LogP) is 4.31. The Morgan fingerprint density at radius 1 is 1.17 bits per heavy atom. The number of fused-ring (bicyclic) bond motifs is 3. The van der Waals surface area contributed by atoms with Crippen LogP contribution in [0.1, 0.15) is 44.2 Å². The van der Waals surface area contributed by atoms with Crippen LogP contribution in [0.5, 0.6) is 0 Å². The molecule has 0 radical (unpaired) electrons. The van der Waals surface area contributed by atoms with Gasteiger partial charge in [0.05, 0.1) is 19.8 Å². The molecule has 3 heterocycles. The molecule has 0 spiro atoms. The van der Waals surface area contributed by atoms with Gasteiger partial charge in [-0.05, 0) is 37.0 Å². The lowest BCUT2D eigenvalue weighted by Gasteiger charge is -2.52. The van der Waals surface area contributed by atoms with Crippen molar-refractivity contribution in [3.63, 3.8) is 0 Å². The molecule has 1 aromatic rings. The second kappa shape index (κ2) is 6.34. The van der Waals surface area contributed by atoms with Gasteiger partial charge < -0.3 is 14.2 Å². The maximum absolute atomic E-state index is 14.0. The number of hydrogen-bond acceptors (Lipinski definition) is 3. The molecule has 126 valence electrons. The normalized spacial score (nSPS) is 29.7. The first-order valence-electron chi connectivity index (χ1n) is 8.34. The average Bonchev–Trinajstić information content (AvgIpc) is 2.55. The lowest BCUT2D eigenvalue weighted by Crippen LogP contribution is -2.60. The molecule has 3 nitrogen and oxygen atoms in total. The number of aryl methyl sites for hydroxylation is 1. The Morgan fingerprint density at radius 2 is 1.83 bits per heavy atom. The molecule has 3 saturated heterocycles. The van der Waals surface area contributed by atoms with Gasteiger partial charge in [0.15, 0.2) is 0 Å². The van der Waals surface area contributed by atoms with Crippen molar-refractivity contribution in [2.24, 2.45) is 5.41 Å². The van der Waals surface area contributed by atoms with Crippen LogP contribution in [0.4, 0.5) is 4.39 Å². The van der Waals surface area contributed by atoms with E-state index in [-0.39, 0.29) is 11.2 Å². The monoisotopic (exact) mass is 320 g/mol. The molecule has 0 N–H and O–H groups in total. The van der Waals surface area contributed by atoms with E-state index >= 15 is 0 Å². The Balaban J connectivity index is 1.61. The van der Waals surface area contributed by atoms with Crippen molar-refractivity contribution in [2.75, 3.05) is 19.8 Å². The Kier molecular flexibility index (Phi) is 4.59. The van der Waals surface area contributed by atoms with E-state index in [0.29, 0.717) is 38.2 Å². The second-order valence-corrected chi connectivity index (χ2v) is 6.89. The van der Waals surface area contributed by atoms with Crippen molar-refractivity contribution in [3.8, 4) is 0 Å². The predicted molar refractivity (Wildman–Crippen MR) is 87.4 cm³/mol. The molecular formula is C19H25FO3. The zero-order valence-corrected chi connectivity index (χ0v) is 14.0. The highest BCUT2D eigenvalue weighted by atomic mass is 19.1. The van der Waals surface area contributed by atoms with Crippen molar-refractivity contribution in [1.29, 1.82) is 0 Å². The zero-order valence-electron chi connectivity index (χ0n) is 14.0. The molecule has 0 atom stereocenters. The third-order valence-corrected chi connectivity index (χ3v) is 4.79. The molecule has 3 aliphatic rings. The summed E-state index contributed by atoms with van der Waals surface area (Å²) in [6.45, 7) is 9.81. The van der Waals surface area contributed by atoms with Gasteiger partial charge in [-0.1, -0.05) is 32.1 Å². The van der Waals surface area contributed by atoms with Gasteiger partial charge in [-0.2, -0.15) is 0 Å². The molecule has 0 aliphatic carbocycles. The maximum Gasteiger partial charge on any atom is 0.283 e. The van der Waals surface area contributed by atoms with E-state index in [1.54, 1.807) is 19.1 Å². The first-order valence-corrected chi connectivity index (χ1v) is 8.34. The fraction of sp³-hybridized carbons (Fsp3) is 0.579. The fourth-order valence-electron chi connectivity index (χ4n) is 3.36. The summed E-state index contributed by atoms with van der Waals surface area (Å²) in [4.78, 5) is 0. The molecule has 3 fully saturated rings. The number of benzene rings is 1. The molecule has 23 heavy (non-hydrogen) atoms. The van der Waals surface area contributed by atoms with Crippen LogP contribution in [0.3, 0.4) is 0 Å². The summed E-state index contributed by atoms with van der Waals surface area (Å²) in [5.41, 5.74) is 2.23. The third-order valence-electron chi connectivity index (χ3n) is 4.79. The van der Waals surface area contributed by atoms with Crippen LogP contribution < -0.4 is 0 Å². The van der Waals surface area contributed by atoms with Crippen LogP contribution in [-0.2, 0) is 20.6 Å². The highest BCUT2D eigenvalue weighted by molar-refractivity contribution is 5.62. The van der Waals surface area contributed by atoms with Crippen molar-refractivity contribution >= 4 is 5.57 Å². The van der Waals surface area contributed by atoms with Gasteiger partial charge >= 0.3 is 0 Å². The van der Waals surface area contributed by atoms with Crippen molar-refractivity contribution < 1.29 is 18.6 Å². The lowest BCUT2D eigenvalue weighted by molar-refractivity contribution is -0.470. The first kappa shape index (κ1) is 16.6. The lowest BCUT2D eigenvalue weighted by atomic mass is 9.84. The average molecular weight is 320 g/mol. The molecule has 2 bridgehead atoms. The van der Waals surface area contributed by atoms with Gasteiger partial charge in [0, 0.05) is 17.4 Å². The summed E-state index contributed by atoms with van der Waals surface area (Å²) in [5, 5.41) is 0. The van der Waals surface area contributed by atoms with Crippen LogP contribution in [0, 0.1) is 11.2 Å². The summed E-state index contributed by atoms with van der Waals surface area (Å²) in [5.74, 6) is -1.18. The van der Waals surface area contributed by atoms with E-state index in [2.05, 4.69) is 13.5 Å². The van der Waals surface area contributed by atoms with Crippen molar-refractivity contribution in [3.05, 3.63) is 41.7 Å². The molecule has 4 heteroatoms. The summed E-state index contributed by atoms with van der Waals surface area (Å²) in [6, 6.07) is 5.27. The van der Waals surface area contributed by atoms with Crippen LogP contribution in [0.15, 0.2) is 24.8 Å². The van der Waals surface area contributed by atoms with Gasteiger partial charge in [0.2, 0.25) is 0 Å². The van der Waals surface area contributed by atoms with Gasteiger partial charge in [-0.15, -0.1) is 0 Å². The minimum atomic E-state index is -0.945. The topological polar surface area (TPSA) is 27.7 Å². The van der Waals surface area contributed by atoms with Gasteiger partial charge in [0.1, 0.15) is 5.82 Å². The van der Waals surface area contributed by atoms with E-state index in [9.17, 15) is 4.39 Å². The minimum absolute atomic E-state index is 0.0196. The van der Waals surface area contributed by atoms with E-state index in [1.807, 2.05) is 6.07 Å². The van der Waals surface area contributed by atoms with Crippen LogP contribution in [0.2, 0.25) is 0 Å². The second-order valence-electron chi connectivity index (χ2n) is 6.89. The highest BCUT2D eigenvalue weighted by Crippen LogP contribution is 2.43. The Bertz CT molecular complexity index is 572. The van der Waals surface area contributed by atoms with Crippen molar-refractivity contribution in [2.45, 2.75) is 45.5 Å². The SMILES string of the molecule is C=C(C)c1ccc(CCC23OCC(CCC)(CO2)CO3)cc1F. The first-order chi connectivity index (χ1) is 11.0. The molecule has 4 rings (SSSR count). The number of hydrogen-bond donors (Lipinski definition) is 0. The van der Waals surface area contributed by atoms with E-state index < -0.39 is 5.97 Å². The Hall–Kier alpha value is -1.23. The van der Waals surface area contributed by atoms with E-state index in [0.717, 1.165) is 24.0 Å². The van der Waals surface area contributed by atoms with Gasteiger partial charge in [0.25, 0.3) is 5.97 Å². The van der Waals surface area contributed by atoms with Crippen LogP contribution >= 0.6 is 0 Å². The smallest absolute Gasteiger partial charge is 0.283 e. The van der Waals surface area contributed by atoms with E-state index in [4.69, 9.17) is 14.2 Å². The molecule has 1 aromatic carbocycles. The van der Waals surface area contributed by atoms with Gasteiger partial charge in [-0.3, -0.25) is 0 Å². The van der Waals surface area contributed by atoms with Crippen LogP contribution in [0.25, 0.3) is 5.57 Å². The minimum Gasteiger partial charge on any atom is -0.327 e. The molecule has 0 unspecified atom stereocenters. The van der Waals surface area contributed by atoms with Crippen molar-refractivity contribution in [1.82, 2.24) is 0 Å². The summed E-state index contributed by atoms with van der Waals surface area (Å²) < 4.78 is 31.7. The Morgan fingerprint density at radius 3 is 2.35 bits per heavy atom. The van der Waals surface area contributed by atoms with Gasteiger partial charge in [-0.25, -0.2) is 4.39 Å². The molecule has 0 amide bonds. The number of halogens is 1. The largest absolute Gasteiger partial charge is 0.327 e. The summed E-state index contributed by atoms with van der Waals surface area (Å²) >= 11 is 0. The number of allylic oxidation sites excluding steroid dienone is 1. The molecule has 0 saturated carbocycles. The number of rotatable bonds is 6.